The molecule has 0 aliphatic carbocycles. The summed E-state index contributed by atoms with van der Waals surface area (Å²) in [6, 6.07) is 0. The quantitative estimate of drug-likeness (QED) is 0.488. The molecule has 0 radical (unpaired) electrons. The van der Waals surface area contributed by atoms with E-state index >= 15 is 0 Å². The Morgan fingerprint density at radius 3 is 2.21 bits per heavy atom. The number of ether oxygens (including phenoxy) is 2. The third-order valence-electron chi connectivity index (χ3n) is 3.93. The van der Waals surface area contributed by atoms with Gasteiger partial charge in [-0.25, -0.2) is 9.97 Å². The standard InChI is InChI=1S/C15H15BrN4O4/c1-19-6-17-10-8(14(19)21)13(24-4)11-9(12(10)23-3)15(22)20(2)7(5-16)18-11/h6H,5H2,1-4H3. The Bertz CT molecular complexity index is 1090. The number of halogens is 1. The summed E-state index contributed by atoms with van der Waals surface area (Å²) in [5, 5.41) is 0.839. The summed E-state index contributed by atoms with van der Waals surface area (Å²) in [5.74, 6) is 0.940. The number of hydrogen-bond acceptors (Lipinski definition) is 6. The van der Waals surface area contributed by atoms with Crippen LogP contribution in [0.5, 0.6) is 11.5 Å². The zero-order valence-electron chi connectivity index (χ0n) is 13.6. The van der Waals surface area contributed by atoms with Gasteiger partial charge < -0.3 is 14.0 Å². The molecule has 0 spiro atoms. The molecule has 2 heterocycles. The van der Waals surface area contributed by atoms with Crippen LogP contribution in [-0.2, 0) is 19.4 Å². The van der Waals surface area contributed by atoms with E-state index in [1.807, 2.05) is 0 Å². The van der Waals surface area contributed by atoms with Crippen molar-refractivity contribution >= 4 is 37.7 Å². The highest BCUT2D eigenvalue weighted by atomic mass is 79.9. The molecular weight excluding hydrogens is 380 g/mol. The van der Waals surface area contributed by atoms with Crippen LogP contribution in [0, 0.1) is 0 Å². The number of aromatic nitrogens is 4. The van der Waals surface area contributed by atoms with Crippen LogP contribution < -0.4 is 20.6 Å². The molecule has 1 aromatic carbocycles. The second-order valence-electron chi connectivity index (χ2n) is 5.20. The molecule has 0 unspecified atom stereocenters. The molecule has 0 saturated heterocycles. The van der Waals surface area contributed by atoms with Gasteiger partial charge in [0.1, 0.15) is 27.6 Å². The monoisotopic (exact) mass is 394 g/mol. The lowest BCUT2D eigenvalue weighted by Gasteiger charge is -2.15. The minimum absolute atomic E-state index is 0.215. The minimum Gasteiger partial charge on any atom is -0.494 e. The summed E-state index contributed by atoms with van der Waals surface area (Å²) < 4.78 is 13.6. The van der Waals surface area contributed by atoms with Crippen LogP contribution in [0.25, 0.3) is 21.8 Å². The van der Waals surface area contributed by atoms with E-state index in [0.717, 1.165) is 0 Å². The third-order valence-corrected chi connectivity index (χ3v) is 4.43. The van der Waals surface area contributed by atoms with Gasteiger partial charge in [-0.3, -0.25) is 14.2 Å². The Morgan fingerprint density at radius 2 is 1.62 bits per heavy atom. The SMILES string of the molecule is COc1c2nc(CBr)n(C)c(=O)c2c(OC)c2ncn(C)c(=O)c12. The van der Waals surface area contributed by atoms with E-state index in [1.165, 1.54) is 29.7 Å². The number of aryl methyl sites for hydroxylation is 1. The van der Waals surface area contributed by atoms with E-state index in [1.54, 1.807) is 14.1 Å². The number of rotatable bonds is 3. The minimum atomic E-state index is -0.306. The lowest BCUT2D eigenvalue weighted by Crippen LogP contribution is -2.24. The van der Waals surface area contributed by atoms with Crippen molar-refractivity contribution < 1.29 is 9.47 Å². The maximum absolute atomic E-state index is 12.8. The summed E-state index contributed by atoms with van der Waals surface area (Å²) in [6.07, 6.45) is 1.38. The maximum Gasteiger partial charge on any atom is 0.265 e. The first kappa shape index (κ1) is 16.4. The molecule has 3 rings (SSSR count). The predicted octanol–water partition coefficient (Wildman–Crippen LogP) is 1.09. The lowest BCUT2D eigenvalue weighted by atomic mass is 10.1. The molecule has 9 heteroatoms. The van der Waals surface area contributed by atoms with E-state index in [2.05, 4.69) is 25.9 Å². The number of nitrogens with zero attached hydrogens (tertiary/aromatic N) is 4. The number of methoxy groups -OCH3 is 2. The van der Waals surface area contributed by atoms with Crippen molar-refractivity contribution in [3.63, 3.8) is 0 Å². The van der Waals surface area contributed by atoms with E-state index in [9.17, 15) is 9.59 Å². The molecular formula is C15H15BrN4O4. The second kappa shape index (κ2) is 5.90. The topological polar surface area (TPSA) is 88.2 Å². The summed E-state index contributed by atoms with van der Waals surface area (Å²) in [4.78, 5) is 34.1. The van der Waals surface area contributed by atoms with Gasteiger partial charge in [-0.1, -0.05) is 15.9 Å². The fourth-order valence-corrected chi connectivity index (χ4v) is 3.19. The highest BCUT2D eigenvalue weighted by Gasteiger charge is 2.24. The highest BCUT2D eigenvalue weighted by Crippen LogP contribution is 2.37. The van der Waals surface area contributed by atoms with E-state index in [0.29, 0.717) is 11.2 Å². The first-order valence-corrected chi connectivity index (χ1v) is 8.13. The van der Waals surface area contributed by atoms with Crippen molar-refractivity contribution in [2.45, 2.75) is 5.33 Å². The van der Waals surface area contributed by atoms with Crippen molar-refractivity contribution in [2.75, 3.05) is 14.2 Å². The molecule has 0 N–H and O–H groups in total. The van der Waals surface area contributed by atoms with Crippen LogP contribution in [0.4, 0.5) is 0 Å². The molecule has 126 valence electrons. The largest absolute Gasteiger partial charge is 0.494 e. The molecule has 0 bridgehead atoms. The number of alkyl halides is 1. The Morgan fingerprint density at radius 1 is 1.04 bits per heavy atom. The van der Waals surface area contributed by atoms with Gasteiger partial charge in [0.05, 0.1) is 25.9 Å². The Hall–Kier alpha value is -2.42. The highest BCUT2D eigenvalue weighted by molar-refractivity contribution is 9.08. The molecule has 2 aromatic heterocycles. The molecule has 3 aromatic rings. The van der Waals surface area contributed by atoms with Gasteiger partial charge in [-0.05, 0) is 0 Å². The first-order valence-electron chi connectivity index (χ1n) is 7.01. The normalized spacial score (nSPS) is 11.2. The van der Waals surface area contributed by atoms with Gasteiger partial charge in [0, 0.05) is 14.1 Å². The van der Waals surface area contributed by atoms with Crippen LogP contribution in [0.3, 0.4) is 0 Å². The molecule has 0 amide bonds. The van der Waals surface area contributed by atoms with E-state index < -0.39 is 0 Å². The fraction of sp³-hybridized carbons (Fsp3) is 0.333. The summed E-state index contributed by atoms with van der Waals surface area (Å²) >= 11 is 3.31. The Labute approximate surface area is 144 Å². The number of hydrogen-bond donors (Lipinski definition) is 0. The van der Waals surface area contributed by atoms with Gasteiger partial charge in [-0.2, -0.15) is 0 Å². The molecule has 0 saturated carbocycles. The van der Waals surface area contributed by atoms with Gasteiger partial charge in [-0.15, -0.1) is 0 Å². The number of fused-ring (bicyclic) bond motifs is 2. The molecule has 0 aliphatic heterocycles. The molecule has 0 aliphatic rings. The van der Waals surface area contributed by atoms with Gasteiger partial charge >= 0.3 is 0 Å². The zero-order valence-corrected chi connectivity index (χ0v) is 15.2. The van der Waals surface area contributed by atoms with Gasteiger partial charge in [0.25, 0.3) is 11.1 Å². The van der Waals surface area contributed by atoms with Crippen molar-refractivity contribution in [2.24, 2.45) is 14.1 Å². The zero-order chi connectivity index (χ0) is 17.6. The van der Waals surface area contributed by atoms with E-state index in [4.69, 9.17) is 9.47 Å². The van der Waals surface area contributed by atoms with Crippen LogP contribution in [0.2, 0.25) is 0 Å². The summed E-state index contributed by atoms with van der Waals surface area (Å²) in [6.45, 7) is 0. The maximum atomic E-state index is 12.8. The second-order valence-corrected chi connectivity index (χ2v) is 5.76. The Kier molecular flexibility index (Phi) is 4.04. The van der Waals surface area contributed by atoms with Crippen molar-refractivity contribution in [3.8, 4) is 11.5 Å². The number of benzene rings is 1. The van der Waals surface area contributed by atoms with Gasteiger partial charge in [0.15, 0.2) is 11.5 Å². The lowest BCUT2D eigenvalue weighted by molar-refractivity contribution is 0.414. The molecule has 0 fully saturated rings. The molecule has 8 nitrogen and oxygen atoms in total. The fourth-order valence-electron chi connectivity index (χ4n) is 2.68. The van der Waals surface area contributed by atoms with Crippen LogP contribution in [-0.4, -0.2) is 33.3 Å². The average molecular weight is 395 g/mol. The average Bonchev–Trinajstić information content (AvgIpc) is 2.59. The van der Waals surface area contributed by atoms with Crippen molar-refractivity contribution in [1.29, 1.82) is 0 Å². The third kappa shape index (κ3) is 2.11. The first-order chi connectivity index (χ1) is 11.5. The molecule has 24 heavy (non-hydrogen) atoms. The van der Waals surface area contributed by atoms with Crippen LogP contribution >= 0.6 is 15.9 Å². The van der Waals surface area contributed by atoms with Crippen LogP contribution in [0.15, 0.2) is 15.9 Å². The molecule has 0 atom stereocenters. The Balaban J connectivity index is 2.75. The summed E-state index contributed by atoms with van der Waals surface area (Å²) in [7, 11) is 6.07. The van der Waals surface area contributed by atoms with Crippen molar-refractivity contribution in [1.82, 2.24) is 19.1 Å². The van der Waals surface area contributed by atoms with Crippen molar-refractivity contribution in [3.05, 3.63) is 32.9 Å². The van der Waals surface area contributed by atoms with E-state index in [-0.39, 0.29) is 44.4 Å². The van der Waals surface area contributed by atoms with Gasteiger partial charge in [0.2, 0.25) is 0 Å². The summed E-state index contributed by atoms with van der Waals surface area (Å²) in [5.41, 5.74) is -0.0474. The predicted molar refractivity (Wildman–Crippen MR) is 93.3 cm³/mol. The van der Waals surface area contributed by atoms with Crippen LogP contribution in [0.1, 0.15) is 5.82 Å². The smallest absolute Gasteiger partial charge is 0.265 e.